The van der Waals surface area contributed by atoms with Crippen LogP contribution in [-0.2, 0) is 16.1 Å². The summed E-state index contributed by atoms with van der Waals surface area (Å²) in [5.41, 5.74) is 3.82. The third-order valence-corrected chi connectivity index (χ3v) is 13.0. The van der Waals surface area contributed by atoms with Crippen molar-refractivity contribution in [3.63, 3.8) is 0 Å². The zero-order valence-electron chi connectivity index (χ0n) is 38.4. The Labute approximate surface area is 392 Å². The molecule has 2 aliphatic heterocycles. The molecule has 4 aliphatic rings. The van der Waals surface area contributed by atoms with E-state index in [0.717, 1.165) is 48.7 Å². The molecule has 0 aromatic heterocycles. The zero-order valence-corrected chi connectivity index (χ0v) is 38.4. The second-order valence-corrected chi connectivity index (χ2v) is 18.6. The second kappa shape index (κ2) is 20.6. The second-order valence-electron chi connectivity index (χ2n) is 18.6. The minimum atomic E-state index is -1.54. The fourth-order valence-electron chi connectivity index (χ4n) is 10.1. The van der Waals surface area contributed by atoms with Gasteiger partial charge in [-0.3, -0.25) is 9.59 Å². The monoisotopic (exact) mass is 909 g/mol. The van der Waals surface area contributed by atoms with Crippen molar-refractivity contribution in [3.05, 3.63) is 137 Å². The number of aliphatic hydroxyl groups excluding tert-OH is 2. The van der Waals surface area contributed by atoms with Crippen molar-refractivity contribution < 1.29 is 48.3 Å². The number of aldehydes is 1. The van der Waals surface area contributed by atoms with Crippen molar-refractivity contribution in [2.75, 3.05) is 26.6 Å². The number of nitriles is 1. The van der Waals surface area contributed by atoms with E-state index in [0.29, 0.717) is 64.0 Å². The molecule has 13 heteroatoms. The van der Waals surface area contributed by atoms with Crippen LogP contribution in [0.3, 0.4) is 0 Å². The largest absolute Gasteiger partial charge is 0.459 e. The number of carbonyl (C=O) groups excluding carboxylic acids is 2. The normalized spacial score (nSPS) is 22.9. The molecule has 0 saturated heterocycles. The molecule has 350 valence electrons. The molecule has 0 spiro atoms. The smallest absolute Gasteiger partial charge is 0.254 e. The van der Waals surface area contributed by atoms with Crippen molar-refractivity contribution in [2.45, 2.75) is 95.6 Å². The number of allylic oxidation sites excluding steroid dienone is 1. The van der Waals surface area contributed by atoms with Crippen LogP contribution in [0.5, 0.6) is 28.7 Å². The van der Waals surface area contributed by atoms with Gasteiger partial charge in [0.15, 0.2) is 11.5 Å². The maximum Gasteiger partial charge on any atom is 0.254 e. The minimum Gasteiger partial charge on any atom is -0.459 e. The number of hydrogen-bond acceptors (Lipinski definition) is 12. The number of hydrogen-bond donors (Lipinski definition) is 2. The lowest BCUT2D eigenvalue weighted by Crippen LogP contribution is -2.70. The van der Waals surface area contributed by atoms with Crippen LogP contribution in [0.2, 0.25) is 0 Å². The summed E-state index contributed by atoms with van der Waals surface area (Å²) in [4.78, 5) is 35.3. The van der Waals surface area contributed by atoms with E-state index in [9.17, 15) is 20.3 Å². The average Bonchev–Trinajstić information content (AvgIpc) is 3.81. The van der Waals surface area contributed by atoms with Crippen LogP contribution in [0, 0.1) is 29.1 Å². The SMILES string of the molecule is C=CCOC12Oc3ccc(Oc4cccc(C=O)c4)cc3C3C(CCCCO)C(CCCCO)C=C(C(=NOC(C)(C)C)CC1N(Cc1ccc4c(c1)OCO4)C(=O)c1ccc(C#N)cc1)C32. The lowest BCUT2D eigenvalue weighted by molar-refractivity contribution is -0.255. The summed E-state index contributed by atoms with van der Waals surface area (Å²) in [6.45, 7) is 10.3. The molecule has 8 rings (SSSR count). The molecule has 67 heavy (non-hydrogen) atoms. The lowest BCUT2D eigenvalue weighted by Gasteiger charge is -2.60. The van der Waals surface area contributed by atoms with Crippen molar-refractivity contribution in [3.8, 4) is 34.8 Å². The summed E-state index contributed by atoms with van der Waals surface area (Å²) < 4.78 is 32.6. The first-order valence-electron chi connectivity index (χ1n) is 23.2. The third kappa shape index (κ3) is 10.1. The van der Waals surface area contributed by atoms with Gasteiger partial charge in [-0.1, -0.05) is 48.3 Å². The molecule has 13 nitrogen and oxygen atoms in total. The van der Waals surface area contributed by atoms with Gasteiger partial charge in [0, 0.05) is 48.8 Å². The average molecular weight is 910 g/mol. The first-order chi connectivity index (χ1) is 32.5. The van der Waals surface area contributed by atoms with E-state index < -0.39 is 23.3 Å². The number of carbonyl (C=O) groups is 2. The van der Waals surface area contributed by atoms with E-state index in [1.165, 1.54) is 0 Å². The first kappa shape index (κ1) is 47.0. The summed E-state index contributed by atoms with van der Waals surface area (Å²) in [5.74, 6) is 0.0383. The summed E-state index contributed by atoms with van der Waals surface area (Å²) in [5, 5.41) is 34.7. The van der Waals surface area contributed by atoms with Gasteiger partial charge in [0.2, 0.25) is 12.6 Å². The van der Waals surface area contributed by atoms with Gasteiger partial charge in [-0.15, -0.1) is 6.58 Å². The third-order valence-electron chi connectivity index (χ3n) is 13.0. The van der Waals surface area contributed by atoms with Crippen LogP contribution >= 0.6 is 0 Å². The summed E-state index contributed by atoms with van der Waals surface area (Å²) in [6, 6.07) is 26.3. The molecule has 6 unspecified atom stereocenters. The predicted molar refractivity (Wildman–Crippen MR) is 251 cm³/mol. The molecule has 6 atom stereocenters. The molecule has 0 radical (unpaired) electrons. The van der Waals surface area contributed by atoms with Crippen LogP contribution < -0.4 is 18.9 Å². The van der Waals surface area contributed by atoms with Crippen LogP contribution in [-0.4, -0.2) is 77.1 Å². The Morgan fingerprint density at radius 2 is 1.69 bits per heavy atom. The van der Waals surface area contributed by atoms with Gasteiger partial charge in [-0.25, -0.2) is 0 Å². The quantitative estimate of drug-likeness (QED) is 0.0398. The highest BCUT2D eigenvalue weighted by atomic mass is 16.7. The van der Waals surface area contributed by atoms with E-state index in [4.69, 9.17) is 33.7 Å². The van der Waals surface area contributed by atoms with Crippen molar-refractivity contribution >= 4 is 17.9 Å². The van der Waals surface area contributed by atoms with Crippen molar-refractivity contribution in [1.29, 1.82) is 5.26 Å². The van der Waals surface area contributed by atoms with Crippen molar-refractivity contribution in [1.82, 2.24) is 4.90 Å². The Kier molecular flexibility index (Phi) is 14.5. The summed E-state index contributed by atoms with van der Waals surface area (Å²) in [7, 11) is 0. The number of benzene rings is 4. The van der Waals surface area contributed by atoms with Gasteiger partial charge >= 0.3 is 0 Å². The van der Waals surface area contributed by atoms with Gasteiger partial charge in [-0.05, 0) is 136 Å². The van der Waals surface area contributed by atoms with Gasteiger partial charge in [0.05, 0.1) is 29.9 Å². The Hall–Kier alpha value is -6.46. The standard InChI is InChI=1S/C54H59N3O10/c1-5-25-64-54-49(57(52(61)38-18-15-35(31-55)16-19-38)32-36-17-21-47-48(27-36)63-34-62-47)30-45(56-67-53(2,3)4)43-28-39(12-6-8-23-58)42(14-7-9-24-59)50(51(43)54)44-29-41(20-22-46(44)66-54)65-40-13-10-11-37(26-40)33-60/h5,10-11,13,15-22,26-29,33,39,42,49-51,58-59H,1,6-9,12,14,23-25,30,32,34H2,2-4H3. The number of ether oxygens (including phenoxy) is 5. The molecule has 2 heterocycles. The maximum absolute atomic E-state index is 15.5. The number of amides is 1. The molecule has 2 N–H and O–H groups in total. The first-order valence-corrected chi connectivity index (χ1v) is 23.2. The van der Waals surface area contributed by atoms with Crippen molar-refractivity contribution in [2.24, 2.45) is 22.9 Å². The molecular weight excluding hydrogens is 851 g/mol. The maximum atomic E-state index is 15.5. The summed E-state index contributed by atoms with van der Waals surface area (Å²) in [6.07, 6.45) is 9.27. The van der Waals surface area contributed by atoms with E-state index in [2.05, 4.69) is 18.7 Å². The van der Waals surface area contributed by atoms with E-state index in [1.807, 2.05) is 57.2 Å². The number of nitrogens with zero attached hydrogens (tertiary/aromatic N) is 3. The molecule has 1 fully saturated rings. The zero-order chi connectivity index (χ0) is 47.1. The van der Waals surface area contributed by atoms with E-state index in [1.54, 1.807) is 59.5 Å². The highest BCUT2D eigenvalue weighted by Crippen LogP contribution is 2.62. The molecule has 1 amide bonds. The molecule has 2 aliphatic carbocycles. The topological polar surface area (TPSA) is 169 Å². The number of oxime groups is 1. The van der Waals surface area contributed by atoms with Gasteiger partial charge in [0.25, 0.3) is 5.91 Å². The Morgan fingerprint density at radius 1 is 0.940 bits per heavy atom. The molecule has 4 aromatic carbocycles. The Balaban J connectivity index is 1.37. The number of fused-ring (bicyclic) bond motifs is 3. The molecular formula is C54H59N3O10. The molecule has 1 saturated carbocycles. The van der Waals surface area contributed by atoms with Crippen LogP contribution in [0.15, 0.2) is 114 Å². The van der Waals surface area contributed by atoms with Gasteiger partial charge < -0.3 is 43.6 Å². The molecule has 0 bridgehead atoms. The minimum absolute atomic E-state index is 0.0137. The highest BCUT2D eigenvalue weighted by Gasteiger charge is 2.65. The van der Waals surface area contributed by atoms with Crippen LogP contribution in [0.4, 0.5) is 0 Å². The van der Waals surface area contributed by atoms with E-state index >= 15 is 4.79 Å². The van der Waals surface area contributed by atoms with Crippen LogP contribution in [0.1, 0.15) is 109 Å². The lowest BCUT2D eigenvalue weighted by atomic mass is 9.55. The number of rotatable bonds is 19. The highest BCUT2D eigenvalue weighted by molar-refractivity contribution is 6.03. The van der Waals surface area contributed by atoms with Gasteiger partial charge in [-0.2, -0.15) is 5.26 Å². The summed E-state index contributed by atoms with van der Waals surface area (Å²) >= 11 is 0. The van der Waals surface area contributed by atoms with Crippen LogP contribution in [0.25, 0.3) is 0 Å². The predicted octanol–water partition coefficient (Wildman–Crippen LogP) is 9.67. The molecule has 4 aromatic rings. The Morgan fingerprint density at radius 3 is 2.42 bits per heavy atom. The van der Waals surface area contributed by atoms with E-state index in [-0.39, 0.29) is 63.2 Å². The van der Waals surface area contributed by atoms with Gasteiger partial charge in [0.1, 0.15) is 35.2 Å². The fourth-order valence-corrected chi connectivity index (χ4v) is 10.1. The number of unbranched alkanes of at least 4 members (excludes halogenated alkanes) is 2. The Bertz CT molecular complexity index is 2540. The fraction of sp³-hybridized carbons (Fsp3) is 0.407. The number of aliphatic hydroxyl groups is 2.